The SMILES string of the molecule is CC(=O)c1ccc(C#N)c(N2CCS(=O)(=O)[C@@H](C)C2)c1. The van der Waals surface area contributed by atoms with Crippen LogP contribution in [0.15, 0.2) is 18.2 Å². The lowest BCUT2D eigenvalue weighted by molar-refractivity contribution is 0.101. The highest BCUT2D eigenvalue weighted by molar-refractivity contribution is 7.92. The number of benzene rings is 1. The van der Waals surface area contributed by atoms with Crippen LogP contribution in [0.4, 0.5) is 5.69 Å². The molecule has 0 unspecified atom stereocenters. The van der Waals surface area contributed by atoms with Crippen LogP contribution in [-0.4, -0.2) is 38.3 Å². The van der Waals surface area contributed by atoms with Crippen LogP contribution in [0.1, 0.15) is 29.8 Å². The summed E-state index contributed by atoms with van der Waals surface area (Å²) in [5.41, 5.74) is 1.63. The van der Waals surface area contributed by atoms with Gasteiger partial charge >= 0.3 is 0 Å². The Hall–Kier alpha value is -1.87. The molecular formula is C14H16N2O3S. The van der Waals surface area contributed by atoms with E-state index in [0.29, 0.717) is 29.9 Å². The van der Waals surface area contributed by atoms with E-state index in [2.05, 4.69) is 6.07 Å². The Morgan fingerprint density at radius 2 is 2.15 bits per heavy atom. The van der Waals surface area contributed by atoms with Gasteiger partial charge in [0.15, 0.2) is 15.6 Å². The summed E-state index contributed by atoms with van der Waals surface area (Å²) in [7, 11) is -3.04. The summed E-state index contributed by atoms with van der Waals surface area (Å²) in [6.45, 7) is 3.83. The number of carbonyl (C=O) groups excluding carboxylic acids is 1. The number of sulfone groups is 1. The summed E-state index contributed by atoms with van der Waals surface area (Å²) in [5.74, 6) is -0.00279. The minimum Gasteiger partial charge on any atom is -0.368 e. The van der Waals surface area contributed by atoms with Gasteiger partial charge in [-0.25, -0.2) is 8.42 Å². The molecule has 1 heterocycles. The van der Waals surface area contributed by atoms with Crippen LogP contribution in [0, 0.1) is 11.3 Å². The molecule has 1 atom stereocenters. The molecule has 1 aromatic rings. The zero-order valence-electron chi connectivity index (χ0n) is 11.5. The van der Waals surface area contributed by atoms with Crippen LogP contribution in [0.5, 0.6) is 0 Å². The summed E-state index contributed by atoms with van der Waals surface area (Å²) in [5, 5.41) is 8.70. The summed E-state index contributed by atoms with van der Waals surface area (Å²) in [4.78, 5) is 13.3. The van der Waals surface area contributed by atoms with Crippen molar-refractivity contribution in [1.82, 2.24) is 0 Å². The second kappa shape index (κ2) is 5.25. The fourth-order valence-corrected chi connectivity index (χ4v) is 3.56. The zero-order chi connectivity index (χ0) is 14.9. The molecule has 1 aliphatic rings. The van der Waals surface area contributed by atoms with Gasteiger partial charge in [-0.3, -0.25) is 4.79 Å². The van der Waals surface area contributed by atoms with E-state index < -0.39 is 15.1 Å². The van der Waals surface area contributed by atoms with Crippen LogP contribution >= 0.6 is 0 Å². The van der Waals surface area contributed by atoms with Gasteiger partial charge in [-0.1, -0.05) is 0 Å². The molecule has 106 valence electrons. The fourth-order valence-electron chi connectivity index (χ4n) is 2.28. The van der Waals surface area contributed by atoms with Gasteiger partial charge < -0.3 is 4.90 Å². The third-order valence-electron chi connectivity index (χ3n) is 3.60. The number of nitriles is 1. The molecule has 0 radical (unpaired) electrons. The normalized spacial score (nSPS) is 21.2. The molecule has 1 saturated heterocycles. The van der Waals surface area contributed by atoms with Gasteiger partial charge in [0.25, 0.3) is 0 Å². The zero-order valence-corrected chi connectivity index (χ0v) is 12.3. The fraction of sp³-hybridized carbons (Fsp3) is 0.429. The highest BCUT2D eigenvalue weighted by atomic mass is 32.2. The summed E-state index contributed by atoms with van der Waals surface area (Å²) in [6.07, 6.45) is 0. The van der Waals surface area contributed by atoms with Crippen molar-refractivity contribution in [3.05, 3.63) is 29.3 Å². The number of hydrogen-bond acceptors (Lipinski definition) is 5. The van der Waals surface area contributed by atoms with Gasteiger partial charge in [0.2, 0.25) is 0 Å². The van der Waals surface area contributed by atoms with Gasteiger partial charge in [-0.05, 0) is 32.0 Å². The molecule has 0 amide bonds. The maximum atomic E-state index is 11.7. The topological polar surface area (TPSA) is 78.2 Å². The smallest absolute Gasteiger partial charge is 0.159 e. The summed E-state index contributed by atoms with van der Waals surface area (Å²) >= 11 is 0. The Labute approximate surface area is 118 Å². The lowest BCUT2D eigenvalue weighted by atomic mass is 10.1. The molecule has 5 nitrogen and oxygen atoms in total. The number of nitrogens with zero attached hydrogens (tertiary/aromatic N) is 2. The first-order valence-corrected chi connectivity index (χ1v) is 8.08. The van der Waals surface area contributed by atoms with E-state index in [4.69, 9.17) is 5.26 Å². The van der Waals surface area contributed by atoms with Crippen molar-refractivity contribution in [1.29, 1.82) is 5.26 Å². The molecular weight excluding hydrogens is 276 g/mol. The molecule has 6 heteroatoms. The molecule has 0 N–H and O–H groups in total. The number of ketones is 1. The molecule has 1 aliphatic heterocycles. The lowest BCUT2D eigenvalue weighted by Crippen LogP contribution is -2.45. The van der Waals surface area contributed by atoms with E-state index in [1.807, 2.05) is 4.90 Å². The number of anilines is 1. The highest BCUT2D eigenvalue weighted by Crippen LogP contribution is 2.25. The molecule has 0 aromatic heterocycles. The average molecular weight is 292 g/mol. The van der Waals surface area contributed by atoms with E-state index in [1.54, 1.807) is 25.1 Å². The Bertz CT molecular complexity index is 689. The van der Waals surface area contributed by atoms with Crippen molar-refractivity contribution < 1.29 is 13.2 Å². The average Bonchev–Trinajstić information content (AvgIpc) is 2.41. The Morgan fingerprint density at radius 1 is 1.45 bits per heavy atom. The Kier molecular flexibility index (Phi) is 3.82. The minimum absolute atomic E-state index is 0.0728. The van der Waals surface area contributed by atoms with E-state index in [9.17, 15) is 13.2 Å². The maximum absolute atomic E-state index is 11.7. The second-order valence-corrected chi connectivity index (χ2v) is 7.56. The second-order valence-electron chi connectivity index (χ2n) is 5.02. The Morgan fingerprint density at radius 3 is 2.70 bits per heavy atom. The standard InChI is InChI=1S/C14H16N2O3S/c1-10-9-16(5-6-20(10,18)19)14-7-12(11(2)17)3-4-13(14)8-15/h3-4,7,10H,5-6,9H2,1-2H3/t10-/m0/s1. The van der Waals surface area contributed by atoms with E-state index >= 15 is 0 Å². The van der Waals surface area contributed by atoms with Gasteiger partial charge in [0.1, 0.15) is 6.07 Å². The molecule has 1 fully saturated rings. The molecule has 2 rings (SSSR count). The van der Waals surface area contributed by atoms with Gasteiger partial charge in [0, 0.05) is 18.7 Å². The van der Waals surface area contributed by atoms with Crippen LogP contribution in [-0.2, 0) is 9.84 Å². The summed E-state index contributed by atoms with van der Waals surface area (Å²) < 4.78 is 23.5. The molecule has 20 heavy (non-hydrogen) atoms. The largest absolute Gasteiger partial charge is 0.368 e. The first-order valence-electron chi connectivity index (χ1n) is 6.37. The minimum atomic E-state index is -3.04. The third-order valence-corrected chi connectivity index (χ3v) is 5.73. The van der Waals surface area contributed by atoms with E-state index in [1.165, 1.54) is 6.92 Å². The van der Waals surface area contributed by atoms with E-state index in [0.717, 1.165) is 0 Å². The van der Waals surface area contributed by atoms with Crippen LogP contribution in [0.25, 0.3) is 0 Å². The van der Waals surface area contributed by atoms with Crippen LogP contribution in [0.3, 0.4) is 0 Å². The first kappa shape index (κ1) is 14.5. The van der Waals surface area contributed by atoms with Gasteiger partial charge in [-0.15, -0.1) is 0 Å². The van der Waals surface area contributed by atoms with Crippen molar-refractivity contribution in [2.75, 3.05) is 23.7 Å². The number of hydrogen-bond donors (Lipinski definition) is 0. The molecule has 0 spiro atoms. The van der Waals surface area contributed by atoms with Gasteiger partial charge in [-0.2, -0.15) is 5.26 Å². The quantitative estimate of drug-likeness (QED) is 0.770. The van der Waals surface area contributed by atoms with Crippen molar-refractivity contribution in [2.24, 2.45) is 0 Å². The molecule has 0 aliphatic carbocycles. The highest BCUT2D eigenvalue weighted by Gasteiger charge is 2.30. The number of carbonyl (C=O) groups is 1. The monoisotopic (exact) mass is 292 g/mol. The molecule has 0 saturated carbocycles. The van der Waals surface area contributed by atoms with E-state index in [-0.39, 0.29) is 11.5 Å². The lowest BCUT2D eigenvalue weighted by Gasteiger charge is -2.33. The maximum Gasteiger partial charge on any atom is 0.159 e. The van der Waals surface area contributed by atoms with Crippen molar-refractivity contribution in [2.45, 2.75) is 19.1 Å². The van der Waals surface area contributed by atoms with Crippen LogP contribution < -0.4 is 4.90 Å². The van der Waals surface area contributed by atoms with Crippen molar-refractivity contribution >= 4 is 21.3 Å². The first-order chi connectivity index (χ1) is 9.35. The predicted octanol–water partition coefficient (Wildman–Crippen LogP) is 1.38. The number of rotatable bonds is 2. The summed E-state index contributed by atoms with van der Waals surface area (Å²) in [6, 6.07) is 6.99. The Balaban J connectivity index is 2.40. The third kappa shape index (κ3) is 2.68. The number of Topliss-reactive ketones (excluding diaryl/α,β-unsaturated/α-hetero) is 1. The van der Waals surface area contributed by atoms with Crippen molar-refractivity contribution in [3.63, 3.8) is 0 Å². The molecule has 1 aromatic carbocycles. The van der Waals surface area contributed by atoms with Crippen LogP contribution in [0.2, 0.25) is 0 Å². The van der Waals surface area contributed by atoms with Gasteiger partial charge in [0.05, 0.1) is 22.3 Å². The molecule has 0 bridgehead atoms. The van der Waals surface area contributed by atoms with Crippen molar-refractivity contribution in [3.8, 4) is 6.07 Å². The predicted molar refractivity (Wildman–Crippen MR) is 76.6 cm³/mol.